The first-order valence-corrected chi connectivity index (χ1v) is 28.9. The number of aromatic nitrogens is 4. The van der Waals surface area contributed by atoms with E-state index in [2.05, 4.69) is 123 Å². The highest BCUT2D eigenvalue weighted by Crippen LogP contribution is 2.55. The molecule has 6 aromatic heterocycles. The van der Waals surface area contributed by atoms with Gasteiger partial charge in [0.25, 0.3) is 0 Å². The number of halogens is 1. The molecule has 0 amide bonds. The molecule has 0 saturated heterocycles. The maximum Gasteiger partial charge on any atom is 0.569 e. The summed E-state index contributed by atoms with van der Waals surface area (Å²) >= 11 is 6.02. The number of fused-ring (bicyclic) bond motifs is 20. The van der Waals surface area contributed by atoms with Gasteiger partial charge in [0.1, 0.15) is 39.2 Å². The summed E-state index contributed by atoms with van der Waals surface area (Å²) in [5, 5.41) is 17.6. The molecule has 0 bridgehead atoms. The Labute approximate surface area is 498 Å². The Balaban J connectivity index is 0.000000114. The summed E-state index contributed by atoms with van der Waals surface area (Å²) in [6.45, 7) is 9.04. The maximum absolute atomic E-state index is 8.94. The highest BCUT2D eigenvalue weighted by atomic mass is 35.5. The Morgan fingerprint density at radius 3 is 1.33 bits per heavy atom. The fourth-order valence-electron chi connectivity index (χ4n) is 13.3. The number of benzene rings is 10. The molecule has 0 atom stereocenters. The van der Waals surface area contributed by atoms with E-state index in [4.69, 9.17) is 48.9 Å². The topological polar surface area (TPSA) is 134 Å². The number of hydrogen-bond donors (Lipinski definition) is 1. The smallest absolute Gasteiger partial charge is 0.537 e. The van der Waals surface area contributed by atoms with Crippen molar-refractivity contribution in [2.24, 2.45) is 0 Å². The van der Waals surface area contributed by atoms with Crippen LogP contribution in [0, 0.1) is 0 Å². The Bertz CT molecular complexity index is 5410. The summed E-state index contributed by atoms with van der Waals surface area (Å²) in [4.78, 5) is 18.7. The fourth-order valence-corrected chi connectivity index (χ4v) is 13.5. The van der Waals surface area contributed by atoms with Crippen LogP contribution in [-0.2, 0) is 10.8 Å². The second-order valence-electron chi connectivity index (χ2n) is 22.9. The minimum absolute atomic E-state index is 0.147. The van der Waals surface area contributed by atoms with E-state index in [0.29, 0.717) is 23.0 Å². The minimum Gasteiger partial charge on any atom is -0.537 e. The third kappa shape index (κ3) is 7.99. The summed E-state index contributed by atoms with van der Waals surface area (Å²) in [7, 11) is 0.721. The lowest BCUT2D eigenvalue weighted by molar-refractivity contribution is 0.453. The molecule has 411 valence electrons. The van der Waals surface area contributed by atoms with Crippen molar-refractivity contribution in [1.82, 2.24) is 19.9 Å². The number of furan rings is 4. The highest BCUT2D eigenvalue weighted by Gasteiger charge is 2.39. The van der Waals surface area contributed by atoms with E-state index in [1.54, 1.807) is 0 Å². The van der Waals surface area contributed by atoms with Gasteiger partial charge < -0.3 is 27.3 Å². The third-order valence-corrected chi connectivity index (χ3v) is 17.5. The van der Waals surface area contributed by atoms with Crippen molar-refractivity contribution in [2.75, 3.05) is 0 Å². The molecule has 12 heteroatoms. The van der Waals surface area contributed by atoms with Crippen molar-refractivity contribution < 1.29 is 27.3 Å². The van der Waals surface area contributed by atoms with E-state index in [9.17, 15) is 0 Å². The predicted molar refractivity (Wildman–Crippen MR) is 345 cm³/mol. The Morgan fingerprint density at radius 2 is 0.814 bits per heavy atom. The van der Waals surface area contributed by atoms with E-state index in [-0.39, 0.29) is 16.1 Å². The van der Waals surface area contributed by atoms with Crippen LogP contribution in [0.1, 0.15) is 49.9 Å². The molecule has 18 rings (SSSR count). The highest BCUT2D eigenvalue weighted by molar-refractivity contribution is 6.29. The fraction of sp³-hybridized carbons (Fsp3) is 0.0811. The summed E-state index contributed by atoms with van der Waals surface area (Å²) in [6.07, 6.45) is 0. The van der Waals surface area contributed by atoms with E-state index < -0.39 is 0 Å². The standard InChI is InChI=1S/C37H24N2O2.C21H16BO3.C16H9ClN2O/c1-37(2)26-18-19-30-32(24-12-6-8-14-28(24)40-30)31(26)23-17-16-22(20-27(23)37)35-38-34(21-10-4-3-5-11-21)33-25-13-7-9-15-29(25)41-36(33)39-35;1-21(2)15-9-10-18-20(14-5-3-4-6-17(14)24-18)19(15)13-8-7-12(25-22-23)11-16(13)21;17-16-18-14(10-6-2-1-3-7-10)13-11-8-4-5-9-12(11)20-15(13)19-16/h3-20H,1-2H3;3-11,23H,1-2H3;1-9H. The van der Waals surface area contributed by atoms with Crippen LogP contribution in [0.3, 0.4) is 0 Å². The molecule has 0 fully saturated rings. The van der Waals surface area contributed by atoms with Crippen molar-refractivity contribution in [1.29, 1.82) is 0 Å². The van der Waals surface area contributed by atoms with Gasteiger partial charge in [0.15, 0.2) is 5.82 Å². The number of para-hydroxylation sites is 4. The third-order valence-electron chi connectivity index (χ3n) is 17.3. The molecule has 2 aliphatic rings. The second kappa shape index (κ2) is 19.6. The SMILES string of the molecule is CC1(C)c2cc(-c3nc(-c4ccccc4)c4c(n3)oc3ccccc34)ccc2-c2c1ccc1oc3ccccc3c21.CC1(C)c2cc(O[B]O)ccc2-c2c1ccc1oc3ccccc3c21.Clc1nc(-c2ccccc2)c2c(n1)oc1ccccc12. The normalized spacial score (nSPS) is 13.4. The molecule has 0 spiro atoms. The van der Waals surface area contributed by atoms with Crippen LogP contribution < -0.4 is 4.65 Å². The molecule has 1 N–H and O–H groups in total. The van der Waals surface area contributed by atoms with Gasteiger partial charge >= 0.3 is 7.69 Å². The molecule has 6 heterocycles. The Kier molecular flexibility index (Phi) is 11.7. The van der Waals surface area contributed by atoms with E-state index >= 15 is 0 Å². The molecular formula is C74H49BClN4O6. The lowest BCUT2D eigenvalue weighted by Gasteiger charge is -2.21. The first-order chi connectivity index (χ1) is 42.0. The summed E-state index contributed by atoms with van der Waals surface area (Å²) in [5.74, 6) is 1.29. The van der Waals surface area contributed by atoms with Crippen molar-refractivity contribution in [3.05, 3.63) is 246 Å². The average Bonchev–Trinajstić information content (AvgIpc) is 2.07. The van der Waals surface area contributed by atoms with Gasteiger partial charge in [-0.15, -0.1) is 0 Å². The van der Waals surface area contributed by atoms with Crippen molar-refractivity contribution >= 4 is 107 Å². The second-order valence-corrected chi connectivity index (χ2v) is 23.2. The van der Waals surface area contributed by atoms with Gasteiger partial charge in [-0.1, -0.05) is 191 Å². The molecule has 0 unspecified atom stereocenters. The minimum atomic E-state index is -0.195. The monoisotopic (exact) mass is 1140 g/mol. The number of nitrogens with zero attached hydrogens (tertiary/aromatic N) is 4. The van der Waals surface area contributed by atoms with Crippen molar-refractivity contribution in [3.63, 3.8) is 0 Å². The zero-order valence-electron chi connectivity index (χ0n) is 47.0. The quantitative estimate of drug-likeness (QED) is 0.131. The Morgan fingerprint density at radius 1 is 0.384 bits per heavy atom. The molecule has 10 aromatic carbocycles. The molecule has 10 nitrogen and oxygen atoms in total. The van der Waals surface area contributed by atoms with Gasteiger partial charge in [0, 0.05) is 59.8 Å². The van der Waals surface area contributed by atoms with Gasteiger partial charge in [0.2, 0.25) is 16.7 Å². The molecule has 16 aromatic rings. The lowest BCUT2D eigenvalue weighted by Crippen LogP contribution is -2.15. The van der Waals surface area contributed by atoms with Crippen LogP contribution in [0.2, 0.25) is 5.28 Å². The Hall–Kier alpha value is -10.3. The van der Waals surface area contributed by atoms with Crippen molar-refractivity contribution in [2.45, 2.75) is 38.5 Å². The molecule has 2 aliphatic carbocycles. The van der Waals surface area contributed by atoms with Gasteiger partial charge in [-0.05, 0) is 111 Å². The van der Waals surface area contributed by atoms with Gasteiger partial charge in [-0.3, -0.25) is 0 Å². The van der Waals surface area contributed by atoms with Crippen LogP contribution in [0.25, 0.3) is 144 Å². The molecule has 0 aliphatic heterocycles. The zero-order valence-corrected chi connectivity index (χ0v) is 47.8. The molecular weight excluding hydrogens is 1090 g/mol. The van der Waals surface area contributed by atoms with Crippen LogP contribution in [0.4, 0.5) is 0 Å². The van der Waals surface area contributed by atoms with Gasteiger partial charge in [-0.25, -0.2) is 9.97 Å². The van der Waals surface area contributed by atoms with Gasteiger partial charge in [0.05, 0.1) is 22.2 Å². The van der Waals surface area contributed by atoms with Crippen LogP contribution in [0.5, 0.6) is 5.75 Å². The first kappa shape index (κ1) is 51.3. The summed E-state index contributed by atoms with van der Waals surface area (Å²) in [5.41, 5.74) is 20.7. The summed E-state index contributed by atoms with van der Waals surface area (Å²) < 4.78 is 29.5. The molecule has 0 saturated carbocycles. The first-order valence-electron chi connectivity index (χ1n) is 28.5. The summed E-state index contributed by atoms with van der Waals surface area (Å²) in [6, 6.07) is 73.8. The average molecular weight is 1140 g/mol. The van der Waals surface area contributed by atoms with E-state index in [1.165, 1.54) is 55.3 Å². The van der Waals surface area contributed by atoms with E-state index in [0.717, 1.165) is 102 Å². The number of hydrogen-bond acceptors (Lipinski definition) is 10. The molecule has 1 radical (unpaired) electrons. The largest absolute Gasteiger partial charge is 0.569 e. The van der Waals surface area contributed by atoms with E-state index in [1.807, 2.05) is 133 Å². The van der Waals surface area contributed by atoms with Crippen LogP contribution in [-0.4, -0.2) is 32.6 Å². The van der Waals surface area contributed by atoms with Crippen LogP contribution >= 0.6 is 11.6 Å². The molecule has 86 heavy (non-hydrogen) atoms. The predicted octanol–water partition coefficient (Wildman–Crippen LogP) is 19.4. The van der Waals surface area contributed by atoms with Gasteiger partial charge in [-0.2, -0.15) is 9.97 Å². The zero-order chi connectivity index (χ0) is 58.0. The lowest BCUT2D eigenvalue weighted by atomic mass is 9.81. The van der Waals surface area contributed by atoms with Crippen LogP contribution in [0.15, 0.2) is 236 Å². The maximum atomic E-state index is 8.94. The van der Waals surface area contributed by atoms with Crippen molar-refractivity contribution in [3.8, 4) is 61.9 Å². The number of rotatable bonds is 5.